The monoisotopic (exact) mass is 479 g/mol. The molecule has 0 radical (unpaired) electrons. The molecule has 180 valence electrons. The summed E-state index contributed by atoms with van der Waals surface area (Å²) in [6.45, 7) is 0.126. The molecule has 2 bridgehead atoms. The van der Waals surface area contributed by atoms with E-state index in [2.05, 4.69) is 11.8 Å². The molecule has 2 saturated heterocycles. The summed E-state index contributed by atoms with van der Waals surface area (Å²) in [5.41, 5.74) is 1.98. The minimum absolute atomic E-state index is 0.126. The second kappa shape index (κ2) is 9.96. The molecule has 0 unspecified atom stereocenters. The van der Waals surface area contributed by atoms with Gasteiger partial charge in [-0.15, -0.1) is 0 Å². The van der Waals surface area contributed by atoms with E-state index >= 15 is 0 Å². The zero-order valence-electron chi connectivity index (χ0n) is 19.5. The first-order valence-corrected chi connectivity index (χ1v) is 11.9. The quantitative estimate of drug-likeness (QED) is 0.573. The van der Waals surface area contributed by atoms with Crippen molar-refractivity contribution < 1.29 is 19.5 Å². The van der Waals surface area contributed by atoms with Gasteiger partial charge in [0.1, 0.15) is 0 Å². The maximum absolute atomic E-state index is 14.0. The van der Waals surface area contributed by atoms with Gasteiger partial charge in [0.05, 0.1) is 23.5 Å². The molecule has 2 heterocycles. The number of nitrogens with zero attached hydrogens (tertiary/aromatic N) is 3. The van der Waals surface area contributed by atoms with Crippen LogP contribution < -0.4 is 4.90 Å². The summed E-state index contributed by atoms with van der Waals surface area (Å²) in [5.74, 6) is 4.01. The first-order valence-electron chi connectivity index (χ1n) is 11.9. The SMILES string of the molecule is O=C(O)[C@@H]1[C@H]2CC[C@@H](CN1C(=O)N(c1ccccc1)c1ccccc1)N2C(=O)C#Cc1ccccc1. The van der Waals surface area contributed by atoms with Gasteiger partial charge in [0.2, 0.25) is 0 Å². The van der Waals surface area contributed by atoms with E-state index in [-0.39, 0.29) is 12.6 Å². The Hall–Kier alpha value is -4.57. The van der Waals surface area contributed by atoms with Crippen molar-refractivity contribution in [3.05, 3.63) is 96.6 Å². The molecule has 3 amide bonds. The van der Waals surface area contributed by atoms with E-state index in [0.29, 0.717) is 29.8 Å². The van der Waals surface area contributed by atoms with Crippen molar-refractivity contribution >= 4 is 29.3 Å². The van der Waals surface area contributed by atoms with Crippen molar-refractivity contribution in [1.82, 2.24) is 9.80 Å². The number of aliphatic carboxylic acids is 1. The van der Waals surface area contributed by atoms with Crippen molar-refractivity contribution in [3.63, 3.8) is 0 Å². The Kier molecular flexibility index (Phi) is 6.42. The topological polar surface area (TPSA) is 81.2 Å². The Bertz CT molecular complexity index is 1280. The number of rotatable bonds is 3. The molecule has 2 aliphatic heterocycles. The van der Waals surface area contributed by atoms with E-state index < -0.39 is 30.0 Å². The Balaban J connectivity index is 1.46. The van der Waals surface area contributed by atoms with E-state index in [4.69, 9.17) is 0 Å². The highest BCUT2D eigenvalue weighted by molar-refractivity contribution is 6.02. The smallest absolute Gasteiger partial charge is 0.329 e. The summed E-state index contributed by atoms with van der Waals surface area (Å²) in [5, 5.41) is 10.2. The third-order valence-electron chi connectivity index (χ3n) is 6.69. The van der Waals surface area contributed by atoms with E-state index in [1.54, 1.807) is 4.90 Å². The highest BCUT2D eigenvalue weighted by Crippen LogP contribution is 2.37. The molecule has 3 aromatic carbocycles. The fourth-order valence-corrected chi connectivity index (χ4v) is 5.13. The number of hydrogen-bond donors (Lipinski definition) is 1. The largest absolute Gasteiger partial charge is 0.480 e. The number of hydrogen-bond acceptors (Lipinski definition) is 3. The first-order chi connectivity index (χ1) is 17.5. The Morgan fingerprint density at radius 1 is 0.806 bits per heavy atom. The minimum Gasteiger partial charge on any atom is -0.480 e. The molecule has 7 nitrogen and oxygen atoms in total. The number of carboxylic acid groups (broad SMARTS) is 1. The number of benzene rings is 3. The van der Waals surface area contributed by atoms with E-state index in [0.717, 1.165) is 0 Å². The summed E-state index contributed by atoms with van der Waals surface area (Å²) >= 11 is 0. The molecule has 0 spiro atoms. The Morgan fingerprint density at radius 2 is 1.36 bits per heavy atom. The van der Waals surface area contributed by atoms with Gasteiger partial charge in [0.15, 0.2) is 6.04 Å². The van der Waals surface area contributed by atoms with Crippen LogP contribution in [0.4, 0.5) is 16.2 Å². The van der Waals surface area contributed by atoms with E-state index in [1.165, 1.54) is 9.80 Å². The summed E-state index contributed by atoms with van der Waals surface area (Å²) in [4.78, 5) is 44.1. The van der Waals surface area contributed by atoms with Gasteiger partial charge in [0, 0.05) is 18.0 Å². The number of piperazine rings is 1. The highest BCUT2D eigenvalue weighted by Gasteiger charge is 2.53. The summed E-state index contributed by atoms with van der Waals surface area (Å²) in [7, 11) is 0. The predicted molar refractivity (Wildman–Crippen MR) is 136 cm³/mol. The van der Waals surface area contributed by atoms with Crippen LogP contribution in [-0.4, -0.2) is 57.5 Å². The number of amides is 3. The number of carboxylic acids is 1. The van der Waals surface area contributed by atoms with E-state index in [1.807, 2.05) is 91.0 Å². The van der Waals surface area contributed by atoms with Gasteiger partial charge in [-0.3, -0.25) is 9.69 Å². The van der Waals surface area contributed by atoms with Gasteiger partial charge in [-0.05, 0) is 49.2 Å². The molecule has 0 saturated carbocycles. The number of likely N-dealkylation sites (tertiary alicyclic amines) is 1. The van der Waals surface area contributed by atoms with Crippen molar-refractivity contribution in [2.75, 3.05) is 11.4 Å². The van der Waals surface area contributed by atoms with Gasteiger partial charge in [-0.1, -0.05) is 60.5 Å². The molecular formula is C29H25N3O4. The minimum atomic E-state index is -1.17. The van der Waals surface area contributed by atoms with Crippen LogP contribution in [0.5, 0.6) is 0 Å². The Morgan fingerprint density at radius 3 is 1.92 bits per heavy atom. The lowest BCUT2D eigenvalue weighted by atomic mass is 10.0. The number of fused-ring (bicyclic) bond motifs is 2. The average Bonchev–Trinajstić information content (AvgIpc) is 3.21. The highest BCUT2D eigenvalue weighted by atomic mass is 16.4. The fraction of sp³-hybridized carbons (Fsp3) is 0.207. The lowest BCUT2D eigenvalue weighted by Gasteiger charge is -2.45. The standard InChI is InChI=1S/C29H25N3O4/c33-26(19-16-21-10-4-1-5-11-21)32-24-17-18-25(32)27(28(34)35)30(20-24)29(36)31(22-12-6-2-7-13-22)23-14-8-3-9-15-23/h1-15,24-25,27H,17-18,20H2,(H,34,35)/t24-,25+,27-/m0/s1. The van der Waals surface area contributed by atoms with Crippen LogP contribution in [0.2, 0.25) is 0 Å². The molecule has 0 aromatic heterocycles. The van der Waals surface area contributed by atoms with Crippen molar-refractivity contribution in [3.8, 4) is 11.8 Å². The van der Waals surface area contributed by atoms with Gasteiger partial charge >= 0.3 is 12.0 Å². The van der Waals surface area contributed by atoms with Crippen LogP contribution in [0.1, 0.15) is 18.4 Å². The maximum Gasteiger partial charge on any atom is 0.329 e. The molecule has 2 fully saturated rings. The third kappa shape index (κ3) is 4.41. The van der Waals surface area contributed by atoms with Crippen molar-refractivity contribution in [1.29, 1.82) is 0 Å². The van der Waals surface area contributed by atoms with Gasteiger partial charge < -0.3 is 14.9 Å². The molecule has 0 aliphatic carbocycles. The van der Waals surface area contributed by atoms with E-state index in [9.17, 15) is 19.5 Å². The number of anilines is 2. The molecule has 3 atom stereocenters. The molecular weight excluding hydrogens is 454 g/mol. The molecule has 36 heavy (non-hydrogen) atoms. The Labute approximate surface area is 209 Å². The normalized spacial score (nSPS) is 20.3. The van der Waals surface area contributed by atoms with Gasteiger partial charge in [0.25, 0.3) is 5.91 Å². The molecule has 5 rings (SSSR count). The lowest BCUT2D eigenvalue weighted by Crippen LogP contribution is -2.66. The number of urea groups is 1. The van der Waals surface area contributed by atoms with Crippen LogP contribution >= 0.6 is 0 Å². The first kappa shape index (κ1) is 23.2. The summed E-state index contributed by atoms with van der Waals surface area (Å²) in [6.07, 6.45) is 1.12. The second-order valence-electron chi connectivity index (χ2n) is 8.85. The number of carbonyl (C=O) groups excluding carboxylic acids is 2. The fourth-order valence-electron chi connectivity index (χ4n) is 5.13. The van der Waals surface area contributed by atoms with Crippen LogP contribution in [0.15, 0.2) is 91.0 Å². The predicted octanol–water partition coefficient (Wildman–Crippen LogP) is 4.12. The zero-order chi connectivity index (χ0) is 25.1. The molecule has 7 heteroatoms. The molecule has 3 aromatic rings. The summed E-state index contributed by atoms with van der Waals surface area (Å²) < 4.78 is 0. The average molecular weight is 480 g/mol. The number of para-hydroxylation sites is 2. The summed E-state index contributed by atoms with van der Waals surface area (Å²) in [6, 6.07) is 24.9. The van der Waals surface area contributed by atoms with Crippen LogP contribution in [0.25, 0.3) is 0 Å². The lowest BCUT2D eigenvalue weighted by molar-refractivity contribution is -0.149. The van der Waals surface area contributed by atoms with Crippen molar-refractivity contribution in [2.45, 2.75) is 31.0 Å². The van der Waals surface area contributed by atoms with Gasteiger partial charge in [-0.2, -0.15) is 0 Å². The van der Waals surface area contributed by atoms with Gasteiger partial charge in [-0.25, -0.2) is 9.59 Å². The second-order valence-corrected chi connectivity index (χ2v) is 8.85. The van der Waals surface area contributed by atoms with Crippen LogP contribution in [0.3, 0.4) is 0 Å². The van der Waals surface area contributed by atoms with Crippen LogP contribution in [-0.2, 0) is 9.59 Å². The molecule has 1 N–H and O–H groups in total. The third-order valence-corrected chi connectivity index (χ3v) is 6.69. The van der Waals surface area contributed by atoms with Crippen molar-refractivity contribution in [2.24, 2.45) is 0 Å². The maximum atomic E-state index is 14.0. The zero-order valence-corrected chi connectivity index (χ0v) is 19.5. The van der Waals surface area contributed by atoms with Crippen LogP contribution in [0, 0.1) is 11.8 Å². The number of carbonyl (C=O) groups is 3. The molecule has 2 aliphatic rings.